The van der Waals surface area contributed by atoms with Gasteiger partial charge in [0.15, 0.2) is 0 Å². The Morgan fingerprint density at radius 2 is 1.44 bits per heavy atom. The second-order valence-electron chi connectivity index (χ2n) is 4.59. The fraction of sp³-hybridized carbons (Fsp3) is 0.385. The lowest BCUT2D eigenvalue weighted by atomic mass is 10.1. The van der Waals surface area contributed by atoms with Gasteiger partial charge in [0.2, 0.25) is 11.8 Å². The zero-order valence-corrected chi connectivity index (χ0v) is 11.1. The first-order valence-corrected chi connectivity index (χ1v) is 5.73. The molecule has 0 radical (unpaired) electrons. The van der Waals surface area contributed by atoms with Crippen LogP contribution in [0.5, 0.6) is 0 Å². The Balaban J connectivity index is 2.69. The van der Waals surface area contributed by atoms with Crippen LogP contribution in [0.2, 0.25) is 0 Å². The largest absolute Gasteiger partial charge is 0.326 e. The van der Waals surface area contributed by atoms with Crippen molar-refractivity contribution in [1.29, 1.82) is 0 Å². The van der Waals surface area contributed by atoms with E-state index in [1.165, 1.54) is 6.92 Å². The van der Waals surface area contributed by atoms with Crippen LogP contribution in [0.4, 0.5) is 11.4 Å². The predicted octanol–water partition coefficient (Wildman–Crippen LogP) is 1.58. The zero-order chi connectivity index (χ0) is 13.8. The third-order valence-corrected chi connectivity index (χ3v) is 2.66. The van der Waals surface area contributed by atoms with Crippen LogP contribution in [0.25, 0.3) is 0 Å². The Morgan fingerprint density at radius 1 is 1.00 bits per heavy atom. The van der Waals surface area contributed by atoms with E-state index in [-0.39, 0.29) is 11.8 Å². The van der Waals surface area contributed by atoms with Crippen molar-refractivity contribution in [2.75, 3.05) is 17.7 Å². The highest BCUT2D eigenvalue weighted by molar-refractivity contribution is 5.97. The summed E-state index contributed by atoms with van der Waals surface area (Å²) in [5.41, 5.74) is 0.766. The van der Waals surface area contributed by atoms with Gasteiger partial charge in [-0.3, -0.25) is 9.59 Å². The van der Waals surface area contributed by atoms with Gasteiger partial charge in [0, 0.05) is 18.3 Å². The van der Waals surface area contributed by atoms with E-state index in [0.29, 0.717) is 11.4 Å². The molecule has 5 heteroatoms. The molecule has 2 amide bonds. The first-order chi connectivity index (χ1) is 8.35. The molecular weight excluding hydrogens is 230 g/mol. The number of likely N-dealkylation sites (N-methyl/N-ethyl adjacent to an activating group) is 1. The summed E-state index contributed by atoms with van der Waals surface area (Å²) in [5, 5.41) is 8.39. The van der Waals surface area contributed by atoms with Gasteiger partial charge in [0.05, 0.1) is 5.54 Å². The number of amides is 2. The molecule has 18 heavy (non-hydrogen) atoms. The van der Waals surface area contributed by atoms with Crippen LogP contribution in [0, 0.1) is 0 Å². The van der Waals surface area contributed by atoms with Crippen molar-refractivity contribution in [3.05, 3.63) is 24.3 Å². The van der Waals surface area contributed by atoms with Crippen molar-refractivity contribution in [3.8, 4) is 0 Å². The van der Waals surface area contributed by atoms with Crippen LogP contribution in [-0.2, 0) is 9.59 Å². The lowest BCUT2D eigenvalue weighted by Gasteiger charge is -2.22. The second kappa shape index (κ2) is 5.64. The minimum Gasteiger partial charge on any atom is -0.326 e. The average Bonchev–Trinajstić information content (AvgIpc) is 2.31. The zero-order valence-electron chi connectivity index (χ0n) is 11.1. The first kappa shape index (κ1) is 14.2. The molecule has 3 N–H and O–H groups in total. The van der Waals surface area contributed by atoms with Gasteiger partial charge in [0.25, 0.3) is 0 Å². The van der Waals surface area contributed by atoms with Crippen molar-refractivity contribution in [3.63, 3.8) is 0 Å². The van der Waals surface area contributed by atoms with Crippen LogP contribution in [0.1, 0.15) is 20.8 Å². The number of hydrogen-bond acceptors (Lipinski definition) is 3. The lowest BCUT2D eigenvalue weighted by Crippen LogP contribution is -2.47. The molecular formula is C13H19N3O2. The Labute approximate surface area is 107 Å². The van der Waals surface area contributed by atoms with Crippen LogP contribution in [0.3, 0.4) is 0 Å². The van der Waals surface area contributed by atoms with E-state index in [4.69, 9.17) is 0 Å². The Kier molecular flexibility index (Phi) is 4.44. The third-order valence-electron chi connectivity index (χ3n) is 2.66. The number of hydrogen-bond donors (Lipinski definition) is 3. The molecule has 1 rings (SSSR count). The molecule has 0 saturated heterocycles. The summed E-state index contributed by atoms with van der Waals surface area (Å²) < 4.78 is 0. The van der Waals surface area contributed by atoms with Gasteiger partial charge in [-0.25, -0.2) is 0 Å². The molecule has 1 aromatic carbocycles. The highest BCUT2D eigenvalue weighted by atomic mass is 16.2. The summed E-state index contributed by atoms with van der Waals surface area (Å²) in [6, 6.07) is 6.97. The molecule has 0 atom stereocenters. The van der Waals surface area contributed by atoms with Gasteiger partial charge in [-0.1, -0.05) is 0 Å². The molecule has 0 spiro atoms. The van der Waals surface area contributed by atoms with Gasteiger partial charge in [0.1, 0.15) is 0 Å². The highest BCUT2D eigenvalue weighted by Gasteiger charge is 2.24. The van der Waals surface area contributed by atoms with Crippen molar-refractivity contribution < 1.29 is 9.59 Å². The monoisotopic (exact) mass is 249 g/mol. The Bertz CT molecular complexity index is 438. The van der Waals surface area contributed by atoms with E-state index >= 15 is 0 Å². The molecule has 0 heterocycles. The second-order valence-corrected chi connectivity index (χ2v) is 4.59. The van der Waals surface area contributed by atoms with E-state index in [1.807, 2.05) is 0 Å². The van der Waals surface area contributed by atoms with E-state index in [9.17, 15) is 9.59 Å². The summed E-state index contributed by atoms with van der Waals surface area (Å²) in [6.07, 6.45) is 0. The fourth-order valence-corrected chi connectivity index (χ4v) is 1.24. The SMILES string of the molecule is CNC(C)(C)C(=O)Nc1ccc(NC(C)=O)cc1. The van der Waals surface area contributed by atoms with E-state index < -0.39 is 5.54 Å². The first-order valence-electron chi connectivity index (χ1n) is 5.73. The number of rotatable bonds is 4. The van der Waals surface area contributed by atoms with E-state index in [2.05, 4.69) is 16.0 Å². The number of anilines is 2. The number of carbonyl (C=O) groups excluding carboxylic acids is 2. The van der Waals surface area contributed by atoms with E-state index in [1.54, 1.807) is 45.2 Å². The Hall–Kier alpha value is -1.88. The molecule has 98 valence electrons. The minimum absolute atomic E-state index is 0.114. The standard InChI is InChI=1S/C13H19N3O2/c1-9(17)15-10-5-7-11(8-6-10)16-12(18)13(2,3)14-4/h5-8,14H,1-4H3,(H,15,17)(H,16,18). The van der Waals surface area contributed by atoms with Crippen molar-refractivity contribution >= 4 is 23.2 Å². The van der Waals surface area contributed by atoms with Crippen LogP contribution in [0.15, 0.2) is 24.3 Å². The van der Waals surface area contributed by atoms with Crippen LogP contribution >= 0.6 is 0 Å². The van der Waals surface area contributed by atoms with Gasteiger partial charge >= 0.3 is 0 Å². The predicted molar refractivity (Wildman–Crippen MR) is 72.5 cm³/mol. The van der Waals surface area contributed by atoms with Crippen LogP contribution in [-0.4, -0.2) is 24.4 Å². The van der Waals surface area contributed by atoms with E-state index in [0.717, 1.165) is 0 Å². The molecule has 1 aromatic rings. The van der Waals surface area contributed by atoms with Gasteiger partial charge in [-0.15, -0.1) is 0 Å². The summed E-state index contributed by atoms with van der Waals surface area (Å²) >= 11 is 0. The quantitative estimate of drug-likeness (QED) is 0.758. The normalized spacial score (nSPS) is 10.9. The molecule has 0 aliphatic heterocycles. The third kappa shape index (κ3) is 3.85. The lowest BCUT2D eigenvalue weighted by molar-refractivity contribution is -0.121. The van der Waals surface area contributed by atoms with Crippen molar-refractivity contribution in [2.24, 2.45) is 0 Å². The maximum Gasteiger partial charge on any atom is 0.244 e. The molecule has 0 saturated carbocycles. The number of benzene rings is 1. The average molecular weight is 249 g/mol. The fourth-order valence-electron chi connectivity index (χ4n) is 1.24. The highest BCUT2D eigenvalue weighted by Crippen LogP contribution is 2.15. The summed E-state index contributed by atoms with van der Waals surface area (Å²) in [5.74, 6) is -0.236. The van der Waals surface area contributed by atoms with Crippen molar-refractivity contribution in [1.82, 2.24) is 5.32 Å². The summed E-state index contributed by atoms with van der Waals surface area (Å²) in [4.78, 5) is 22.7. The van der Waals surface area contributed by atoms with Gasteiger partial charge in [-0.05, 0) is 45.2 Å². The molecule has 0 bridgehead atoms. The summed E-state index contributed by atoms with van der Waals surface area (Å²) in [6.45, 7) is 5.05. The topological polar surface area (TPSA) is 70.2 Å². The summed E-state index contributed by atoms with van der Waals surface area (Å²) in [7, 11) is 1.74. The molecule has 0 fully saturated rings. The van der Waals surface area contributed by atoms with Crippen molar-refractivity contribution in [2.45, 2.75) is 26.3 Å². The molecule has 5 nitrogen and oxygen atoms in total. The maximum atomic E-state index is 11.9. The van der Waals surface area contributed by atoms with Gasteiger partial charge < -0.3 is 16.0 Å². The molecule has 0 aliphatic carbocycles. The molecule has 0 unspecified atom stereocenters. The van der Waals surface area contributed by atoms with Crippen LogP contribution < -0.4 is 16.0 Å². The molecule has 0 aliphatic rings. The maximum absolute atomic E-state index is 11.9. The van der Waals surface area contributed by atoms with Gasteiger partial charge in [-0.2, -0.15) is 0 Å². The smallest absolute Gasteiger partial charge is 0.244 e. The number of nitrogens with one attached hydrogen (secondary N) is 3. The minimum atomic E-state index is -0.629. The Morgan fingerprint density at radius 3 is 1.83 bits per heavy atom. The number of carbonyl (C=O) groups is 2. The molecule has 0 aromatic heterocycles.